The molecule has 13 heavy (non-hydrogen) atoms. The van der Waals surface area contributed by atoms with Gasteiger partial charge in [-0.1, -0.05) is 0 Å². The Balaban J connectivity index is 3.32. The van der Waals surface area contributed by atoms with Gasteiger partial charge in [-0.05, 0) is 18.2 Å². The average Bonchev–Trinajstić information content (AvgIpc) is 2.03. The summed E-state index contributed by atoms with van der Waals surface area (Å²) < 4.78 is 36.7. The molecule has 70 valence electrons. The van der Waals surface area contributed by atoms with E-state index in [9.17, 15) is 18.0 Å². The maximum Gasteiger partial charge on any atom is 0.417 e. The molecule has 0 amide bonds. The van der Waals surface area contributed by atoms with Crippen molar-refractivity contribution in [2.75, 3.05) is 0 Å². The van der Waals surface area contributed by atoms with Gasteiger partial charge in [0.2, 0.25) is 0 Å². The van der Waals surface area contributed by atoms with Crippen LogP contribution in [0.5, 0.6) is 0 Å². The van der Waals surface area contributed by atoms with Crippen LogP contribution in [0.2, 0.25) is 0 Å². The summed E-state index contributed by atoms with van der Waals surface area (Å²) in [6.07, 6.45) is -4.33. The molecule has 0 N–H and O–H groups in total. The molecule has 5 heteroatoms. The molecule has 0 atom stereocenters. The molecule has 0 saturated carbocycles. The lowest BCUT2D eigenvalue weighted by Gasteiger charge is -2.09. The fourth-order valence-corrected chi connectivity index (χ4v) is 1.10. The summed E-state index contributed by atoms with van der Waals surface area (Å²) in [5.74, 6) is 0. The molecule has 1 nitrogen and oxygen atoms in total. The van der Waals surface area contributed by atoms with Crippen molar-refractivity contribution in [3.63, 3.8) is 0 Å². The number of hydrogen-bond donors (Lipinski definition) is 1. The van der Waals surface area contributed by atoms with Crippen LogP contribution < -0.4 is 0 Å². The molecule has 0 aromatic heterocycles. The van der Waals surface area contributed by atoms with Crippen molar-refractivity contribution < 1.29 is 18.0 Å². The van der Waals surface area contributed by atoms with E-state index < -0.39 is 11.7 Å². The van der Waals surface area contributed by atoms with Crippen molar-refractivity contribution >= 4 is 18.9 Å². The number of carbonyl (C=O) groups is 1. The highest BCUT2D eigenvalue weighted by molar-refractivity contribution is 7.80. The van der Waals surface area contributed by atoms with Gasteiger partial charge in [-0.3, -0.25) is 4.79 Å². The minimum atomic E-state index is -4.50. The molecule has 1 rings (SSSR count). The number of hydrogen-bond acceptors (Lipinski definition) is 2. The lowest BCUT2D eigenvalue weighted by molar-refractivity contribution is -0.138. The van der Waals surface area contributed by atoms with Crippen LogP contribution in [0.4, 0.5) is 13.2 Å². The van der Waals surface area contributed by atoms with E-state index in [1.54, 1.807) is 0 Å². The summed E-state index contributed by atoms with van der Waals surface area (Å²) in [4.78, 5) is 10.4. The van der Waals surface area contributed by atoms with Gasteiger partial charge in [0.1, 0.15) is 0 Å². The number of carbonyl (C=O) groups excluding carboxylic acids is 1. The molecule has 0 unspecified atom stereocenters. The summed E-state index contributed by atoms with van der Waals surface area (Å²) >= 11 is 3.76. The lowest BCUT2D eigenvalue weighted by Crippen LogP contribution is -2.08. The zero-order chi connectivity index (χ0) is 10.1. The van der Waals surface area contributed by atoms with Crippen molar-refractivity contribution in [1.29, 1.82) is 0 Å². The van der Waals surface area contributed by atoms with E-state index in [0.717, 1.165) is 12.1 Å². The Morgan fingerprint density at radius 3 is 2.38 bits per heavy atom. The summed E-state index contributed by atoms with van der Waals surface area (Å²) in [5.41, 5.74) is -1.32. The lowest BCUT2D eigenvalue weighted by atomic mass is 10.1. The number of benzene rings is 1. The third kappa shape index (κ3) is 2.24. The van der Waals surface area contributed by atoms with E-state index in [1.165, 1.54) is 6.07 Å². The van der Waals surface area contributed by atoms with Crippen LogP contribution in [0, 0.1) is 0 Å². The number of halogens is 3. The van der Waals surface area contributed by atoms with Crippen molar-refractivity contribution in [2.45, 2.75) is 11.1 Å². The van der Waals surface area contributed by atoms with Gasteiger partial charge in [0.05, 0.1) is 5.56 Å². The Morgan fingerprint density at radius 2 is 1.92 bits per heavy atom. The third-order valence-electron chi connectivity index (χ3n) is 1.47. The second-order valence-electron chi connectivity index (χ2n) is 2.39. The highest BCUT2D eigenvalue weighted by atomic mass is 32.1. The van der Waals surface area contributed by atoms with Gasteiger partial charge in [0.15, 0.2) is 6.29 Å². The summed E-state index contributed by atoms with van der Waals surface area (Å²) in [6.45, 7) is 0. The summed E-state index contributed by atoms with van der Waals surface area (Å²) in [6, 6.07) is 3.26. The Bertz CT molecular complexity index is 333. The predicted molar refractivity (Wildman–Crippen MR) is 44.1 cm³/mol. The fraction of sp³-hybridized carbons (Fsp3) is 0.125. The van der Waals surface area contributed by atoms with Gasteiger partial charge in [-0.15, -0.1) is 12.6 Å². The highest BCUT2D eigenvalue weighted by Crippen LogP contribution is 2.32. The van der Waals surface area contributed by atoms with Gasteiger partial charge in [-0.2, -0.15) is 13.2 Å². The maximum atomic E-state index is 12.2. The van der Waals surface area contributed by atoms with E-state index in [1.807, 2.05) is 0 Å². The number of aldehydes is 1. The third-order valence-corrected chi connectivity index (χ3v) is 1.75. The topological polar surface area (TPSA) is 17.1 Å². The number of alkyl halides is 3. The minimum absolute atomic E-state index is 0.177. The second-order valence-corrected chi connectivity index (χ2v) is 2.90. The van der Waals surface area contributed by atoms with E-state index in [2.05, 4.69) is 12.6 Å². The maximum absolute atomic E-state index is 12.2. The van der Waals surface area contributed by atoms with E-state index in [-0.39, 0.29) is 16.7 Å². The molecule has 0 heterocycles. The molecular weight excluding hydrogens is 201 g/mol. The molecule has 0 aliphatic heterocycles. The molecule has 0 saturated heterocycles. The second kappa shape index (κ2) is 3.41. The van der Waals surface area contributed by atoms with Crippen LogP contribution in [0.15, 0.2) is 23.1 Å². The zero-order valence-corrected chi connectivity index (χ0v) is 7.19. The molecule has 0 fully saturated rings. The standard InChI is InChI=1S/C8H5F3OS/c9-8(10,11)7-3-6(13)2-1-5(7)4-12/h1-4,13H. The van der Waals surface area contributed by atoms with E-state index in [4.69, 9.17) is 0 Å². The molecule has 0 aliphatic carbocycles. The van der Waals surface area contributed by atoms with E-state index >= 15 is 0 Å². The SMILES string of the molecule is O=Cc1ccc(S)cc1C(F)(F)F. The van der Waals surface area contributed by atoms with Crippen LogP contribution in [-0.2, 0) is 6.18 Å². The van der Waals surface area contributed by atoms with Crippen molar-refractivity contribution in [3.8, 4) is 0 Å². The Kier molecular flexibility index (Phi) is 2.66. The molecular formula is C8H5F3OS. The largest absolute Gasteiger partial charge is 0.417 e. The molecule has 1 aromatic rings. The summed E-state index contributed by atoms with van der Waals surface area (Å²) in [5, 5.41) is 0. The van der Waals surface area contributed by atoms with Gasteiger partial charge in [-0.25, -0.2) is 0 Å². The predicted octanol–water partition coefficient (Wildman–Crippen LogP) is 2.81. The monoisotopic (exact) mass is 206 g/mol. The number of rotatable bonds is 1. The quantitative estimate of drug-likeness (QED) is 0.552. The van der Waals surface area contributed by atoms with E-state index in [0.29, 0.717) is 0 Å². The van der Waals surface area contributed by atoms with Crippen LogP contribution in [-0.4, -0.2) is 6.29 Å². The first kappa shape index (κ1) is 10.1. The van der Waals surface area contributed by atoms with Crippen molar-refractivity contribution in [3.05, 3.63) is 29.3 Å². The molecule has 0 aliphatic rings. The number of thiol groups is 1. The Labute approximate surface area is 78.0 Å². The molecule has 1 aromatic carbocycles. The minimum Gasteiger partial charge on any atom is -0.298 e. The average molecular weight is 206 g/mol. The van der Waals surface area contributed by atoms with Crippen LogP contribution in [0.25, 0.3) is 0 Å². The highest BCUT2D eigenvalue weighted by Gasteiger charge is 2.33. The molecule has 0 radical (unpaired) electrons. The van der Waals surface area contributed by atoms with Gasteiger partial charge >= 0.3 is 6.18 Å². The first-order valence-electron chi connectivity index (χ1n) is 3.30. The summed E-state index contributed by atoms with van der Waals surface area (Å²) in [7, 11) is 0. The van der Waals surface area contributed by atoms with Gasteiger partial charge < -0.3 is 0 Å². The van der Waals surface area contributed by atoms with Gasteiger partial charge in [0.25, 0.3) is 0 Å². The Morgan fingerprint density at radius 1 is 1.31 bits per heavy atom. The Hall–Kier alpha value is -0.970. The smallest absolute Gasteiger partial charge is 0.298 e. The zero-order valence-electron chi connectivity index (χ0n) is 6.30. The van der Waals surface area contributed by atoms with Crippen molar-refractivity contribution in [2.24, 2.45) is 0 Å². The van der Waals surface area contributed by atoms with Gasteiger partial charge in [0, 0.05) is 10.5 Å². The molecule has 0 bridgehead atoms. The fourth-order valence-electron chi connectivity index (χ4n) is 0.893. The first-order valence-corrected chi connectivity index (χ1v) is 3.75. The van der Waals surface area contributed by atoms with Crippen molar-refractivity contribution in [1.82, 2.24) is 0 Å². The van der Waals surface area contributed by atoms with Crippen LogP contribution >= 0.6 is 12.6 Å². The normalized spacial score (nSPS) is 11.4. The van der Waals surface area contributed by atoms with Crippen LogP contribution in [0.3, 0.4) is 0 Å². The molecule has 0 spiro atoms. The van der Waals surface area contributed by atoms with Crippen LogP contribution in [0.1, 0.15) is 15.9 Å². The first-order chi connectivity index (χ1) is 5.95.